The van der Waals surface area contributed by atoms with Crippen LogP contribution in [-0.2, 0) is 0 Å². The van der Waals surface area contributed by atoms with Gasteiger partial charge in [0.15, 0.2) is 0 Å². The molecule has 2 atom stereocenters. The standard InChI is InChI=1S/C26H36Br2O2Se2/c1-5-9-11-17(7-3)15-29-23-19-13-21(27)32-26(19)24(20-14-22(28)31-25(20)23)30-16-18(8-4)12-10-6-2/h13-14,17-18H,5-12,15-16H2,1-4H3. The molecule has 3 rings (SSSR count). The second-order valence-electron chi connectivity index (χ2n) is 8.70. The molecule has 0 aliphatic rings. The second-order valence-corrected chi connectivity index (χ2v) is 17.2. The quantitative estimate of drug-likeness (QED) is 0.157. The molecule has 2 heterocycles. The normalized spacial score (nSPS) is 13.7. The van der Waals surface area contributed by atoms with Gasteiger partial charge in [0.05, 0.1) is 0 Å². The number of hydrogen-bond acceptors (Lipinski definition) is 2. The Labute approximate surface area is 222 Å². The first-order chi connectivity index (χ1) is 15.5. The Hall–Kier alpha value is 0.299. The summed E-state index contributed by atoms with van der Waals surface area (Å²) in [5.74, 6) is 3.51. The Morgan fingerprint density at radius 2 is 1.12 bits per heavy atom. The van der Waals surface area contributed by atoms with Gasteiger partial charge in [0.1, 0.15) is 0 Å². The molecular weight excluding hydrogens is 662 g/mol. The number of hydrogen-bond donors (Lipinski definition) is 0. The van der Waals surface area contributed by atoms with Crippen LogP contribution in [0.15, 0.2) is 18.8 Å². The molecule has 3 aromatic rings. The molecule has 0 amide bonds. The second kappa shape index (κ2) is 13.4. The summed E-state index contributed by atoms with van der Waals surface area (Å²) in [6.07, 6.45) is 9.94. The van der Waals surface area contributed by atoms with Crippen molar-refractivity contribution >= 4 is 80.2 Å². The van der Waals surface area contributed by atoms with Crippen LogP contribution in [0.4, 0.5) is 0 Å². The van der Waals surface area contributed by atoms with E-state index in [4.69, 9.17) is 9.47 Å². The van der Waals surface area contributed by atoms with Crippen molar-refractivity contribution in [3.8, 4) is 11.5 Å². The van der Waals surface area contributed by atoms with Gasteiger partial charge in [-0.3, -0.25) is 0 Å². The third-order valence-electron chi connectivity index (χ3n) is 6.32. The summed E-state index contributed by atoms with van der Waals surface area (Å²) < 4.78 is 18.6. The van der Waals surface area contributed by atoms with Crippen LogP contribution in [0.1, 0.15) is 79.1 Å². The van der Waals surface area contributed by atoms with Gasteiger partial charge < -0.3 is 0 Å². The van der Waals surface area contributed by atoms with Crippen molar-refractivity contribution < 1.29 is 9.47 Å². The van der Waals surface area contributed by atoms with Gasteiger partial charge in [-0.05, 0) is 0 Å². The molecule has 178 valence electrons. The summed E-state index contributed by atoms with van der Waals surface area (Å²) in [6, 6.07) is 4.59. The molecule has 0 spiro atoms. The first kappa shape index (κ1) is 26.9. The fraction of sp³-hybridized carbons (Fsp3) is 0.615. The molecule has 32 heavy (non-hydrogen) atoms. The maximum absolute atomic E-state index is 6.64. The number of ether oxygens (including phenoxy) is 2. The molecule has 2 nitrogen and oxygen atoms in total. The summed E-state index contributed by atoms with van der Waals surface area (Å²) in [7, 11) is 0. The van der Waals surface area contributed by atoms with E-state index in [9.17, 15) is 0 Å². The van der Waals surface area contributed by atoms with Crippen LogP contribution in [0.3, 0.4) is 0 Å². The van der Waals surface area contributed by atoms with Crippen LogP contribution < -0.4 is 9.47 Å². The molecule has 6 heteroatoms. The number of rotatable bonds is 14. The van der Waals surface area contributed by atoms with Crippen molar-refractivity contribution in [3.63, 3.8) is 0 Å². The van der Waals surface area contributed by atoms with Crippen LogP contribution >= 0.6 is 31.9 Å². The van der Waals surface area contributed by atoms with Gasteiger partial charge >= 0.3 is 224 Å². The van der Waals surface area contributed by atoms with E-state index in [2.05, 4.69) is 71.7 Å². The average Bonchev–Trinajstić information content (AvgIpc) is 3.36. The molecule has 0 aliphatic heterocycles. The molecule has 0 saturated heterocycles. The monoisotopic (exact) mass is 698 g/mol. The van der Waals surface area contributed by atoms with Gasteiger partial charge in [-0.1, -0.05) is 0 Å². The molecular formula is C26H36Br2O2Se2. The molecule has 0 radical (unpaired) electrons. The van der Waals surface area contributed by atoms with E-state index < -0.39 is 0 Å². The zero-order valence-electron chi connectivity index (χ0n) is 19.8. The van der Waals surface area contributed by atoms with E-state index in [0.717, 1.165) is 24.7 Å². The fourth-order valence-corrected chi connectivity index (χ4v) is 10.0. The van der Waals surface area contributed by atoms with Crippen LogP contribution in [-0.4, -0.2) is 42.2 Å². The number of fused-ring (bicyclic) bond motifs is 2. The molecule has 0 saturated carbocycles. The summed E-state index contributed by atoms with van der Waals surface area (Å²) in [6.45, 7) is 10.8. The summed E-state index contributed by atoms with van der Waals surface area (Å²) >= 11 is 8.09. The summed E-state index contributed by atoms with van der Waals surface area (Å²) in [4.78, 5) is 0. The Balaban J connectivity index is 1.96. The van der Waals surface area contributed by atoms with Crippen molar-refractivity contribution in [2.75, 3.05) is 13.2 Å². The van der Waals surface area contributed by atoms with Crippen molar-refractivity contribution in [1.29, 1.82) is 0 Å². The minimum absolute atomic E-state index is 0.241. The fourth-order valence-electron chi connectivity index (χ4n) is 4.13. The molecule has 0 fully saturated rings. The predicted octanol–water partition coefficient (Wildman–Crippen LogP) is 8.82. The van der Waals surface area contributed by atoms with Gasteiger partial charge in [-0.2, -0.15) is 0 Å². The molecule has 0 aliphatic carbocycles. The predicted molar refractivity (Wildman–Crippen MR) is 148 cm³/mol. The maximum atomic E-state index is 6.64. The van der Waals surface area contributed by atoms with E-state index in [1.54, 1.807) is 0 Å². The Kier molecular flexibility index (Phi) is 11.3. The molecule has 0 N–H and O–H groups in total. The topological polar surface area (TPSA) is 18.5 Å². The van der Waals surface area contributed by atoms with Crippen molar-refractivity contribution in [2.45, 2.75) is 79.1 Å². The van der Waals surface area contributed by atoms with Crippen molar-refractivity contribution in [3.05, 3.63) is 18.8 Å². The van der Waals surface area contributed by atoms with E-state index >= 15 is 0 Å². The van der Waals surface area contributed by atoms with E-state index in [0.29, 0.717) is 11.8 Å². The van der Waals surface area contributed by atoms with E-state index in [1.807, 2.05) is 0 Å². The Morgan fingerprint density at radius 3 is 1.47 bits per heavy atom. The minimum atomic E-state index is 0.241. The van der Waals surface area contributed by atoms with Gasteiger partial charge in [0, 0.05) is 0 Å². The third kappa shape index (κ3) is 6.70. The average molecular weight is 698 g/mol. The van der Waals surface area contributed by atoms with Gasteiger partial charge in [0.2, 0.25) is 0 Å². The molecule has 1 aromatic carbocycles. The Bertz CT molecular complexity index is 862. The van der Waals surface area contributed by atoms with Crippen LogP contribution in [0, 0.1) is 11.8 Å². The number of unbranched alkanes of at least 4 members (excludes halogenated alkanes) is 2. The van der Waals surface area contributed by atoms with Gasteiger partial charge in [-0.15, -0.1) is 0 Å². The number of halogens is 2. The first-order valence-corrected chi connectivity index (χ1v) is 17.1. The van der Waals surface area contributed by atoms with E-state index in [1.165, 1.54) is 77.4 Å². The first-order valence-electron chi connectivity index (χ1n) is 12.1. The summed E-state index contributed by atoms with van der Waals surface area (Å²) in [5.41, 5.74) is 0. The third-order valence-corrected chi connectivity index (χ3v) is 12.3. The SMILES string of the molecule is CCCCC(CC)COc1c2cc(Br)[se]c2c(OCC(CC)CCCC)c2cc(Br)[se]c12. The Morgan fingerprint density at radius 1 is 0.719 bits per heavy atom. The van der Waals surface area contributed by atoms with Gasteiger partial charge in [-0.25, -0.2) is 0 Å². The van der Waals surface area contributed by atoms with Crippen LogP contribution in [0.2, 0.25) is 0 Å². The van der Waals surface area contributed by atoms with Crippen LogP contribution in [0.5, 0.6) is 11.5 Å². The molecule has 0 bridgehead atoms. The van der Waals surface area contributed by atoms with E-state index in [-0.39, 0.29) is 29.0 Å². The molecule has 2 unspecified atom stereocenters. The van der Waals surface area contributed by atoms with Crippen LogP contribution in [0.25, 0.3) is 19.3 Å². The number of benzene rings is 1. The molecule has 2 aromatic heterocycles. The zero-order valence-corrected chi connectivity index (χ0v) is 26.4. The zero-order chi connectivity index (χ0) is 23.1. The van der Waals surface area contributed by atoms with Crippen molar-refractivity contribution in [1.82, 2.24) is 0 Å². The summed E-state index contributed by atoms with van der Waals surface area (Å²) in [5, 5.41) is 2.55. The van der Waals surface area contributed by atoms with Crippen molar-refractivity contribution in [2.24, 2.45) is 11.8 Å². The van der Waals surface area contributed by atoms with Gasteiger partial charge in [0.25, 0.3) is 0 Å².